The summed E-state index contributed by atoms with van der Waals surface area (Å²) in [6.07, 6.45) is 1.61. The number of hydrogen-bond donors (Lipinski definition) is 0. The normalized spacial score (nSPS) is 11.3. The fourth-order valence-corrected chi connectivity index (χ4v) is 4.81. The summed E-state index contributed by atoms with van der Waals surface area (Å²) in [5, 5.41) is 4.20. The summed E-state index contributed by atoms with van der Waals surface area (Å²) in [7, 11) is 0. The van der Waals surface area contributed by atoms with Crippen LogP contribution in [0.25, 0.3) is 20.8 Å². The van der Waals surface area contributed by atoms with Crippen LogP contribution in [-0.4, -0.2) is 14.5 Å². The van der Waals surface area contributed by atoms with E-state index in [0.29, 0.717) is 17.0 Å². The molecule has 3 aromatic heterocycles. The highest BCUT2D eigenvalue weighted by atomic mass is 35.5. The molecule has 4 rings (SSSR count). The standard InChI is InChI=1S/C18H14ClN3OS2/c1-10-11(2)25-17-15(10)18(23)22(9-20-17)7-12-8-24-16(21-12)13-5-3-4-6-14(13)19/h3-6,8-9H,7H2,1-2H3. The summed E-state index contributed by atoms with van der Waals surface area (Å²) in [6, 6.07) is 7.63. The summed E-state index contributed by atoms with van der Waals surface area (Å²) in [5.41, 5.74) is 2.74. The number of hydrogen-bond acceptors (Lipinski definition) is 5. The Labute approximate surface area is 157 Å². The van der Waals surface area contributed by atoms with Gasteiger partial charge in [-0.15, -0.1) is 22.7 Å². The molecule has 0 fully saturated rings. The first-order valence-electron chi connectivity index (χ1n) is 7.69. The maximum atomic E-state index is 12.8. The van der Waals surface area contributed by atoms with Gasteiger partial charge in [0, 0.05) is 15.8 Å². The fraction of sp³-hybridized carbons (Fsp3) is 0.167. The molecule has 25 heavy (non-hydrogen) atoms. The second-order valence-electron chi connectivity index (χ2n) is 5.76. The molecule has 4 nitrogen and oxygen atoms in total. The largest absolute Gasteiger partial charge is 0.293 e. The van der Waals surface area contributed by atoms with Crippen molar-refractivity contribution in [3.05, 3.63) is 67.5 Å². The smallest absolute Gasteiger partial charge is 0.262 e. The van der Waals surface area contributed by atoms with Crippen LogP contribution in [-0.2, 0) is 6.54 Å². The fourth-order valence-electron chi connectivity index (χ4n) is 2.70. The first-order valence-corrected chi connectivity index (χ1v) is 9.76. The number of thiophene rings is 1. The summed E-state index contributed by atoms with van der Waals surface area (Å²) < 4.78 is 1.62. The van der Waals surface area contributed by atoms with Crippen molar-refractivity contribution in [2.45, 2.75) is 20.4 Å². The highest BCUT2D eigenvalue weighted by molar-refractivity contribution is 7.18. The van der Waals surface area contributed by atoms with Gasteiger partial charge < -0.3 is 0 Å². The molecule has 0 radical (unpaired) electrons. The van der Waals surface area contributed by atoms with Gasteiger partial charge in [-0.1, -0.05) is 29.8 Å². The molecule has 0 N–H and O–H groups in total. The van der Waals surface area contributed by atoms with E-state index >= 15 is 0 Å². The Balaban J connectivity index is 1.71. The molecule has 4 aromatic rings. The van der Waals surface area contributed by atoms with E-state index < -0.39 is 0 Å². The molecular formula is C18H14ClN3OS2. The first-order chi connectivity index (χ1) is 12.0. The topological polar surface area (TPSA) is 47.8 Å². The summed E-state index contributed by atoms with van der Waals surface area (Å²) in [4.78, 5) is 23.8. The van der Waals surface area contributed by atoms with Gasteiger partial charge in [0.05, 0.1) is 29.0 Å². The van der Waals surface area contributed by atoms with Gasteiger partial charge in [-0.2, -0.15) is 0 Å². The Morgan fingerprint density at radius 3 is 2.84 bits per heavy atom. The lowest BCUT2D eigenvalue weighted by atomic mass is 10.2. The van der Waals surface area contributed by atoms with Crippen LogP contribution in [0.2, 0.25) is 5.02 Å². The number of aromatic nitrogens is 3. The molecule has 0 aliphatic heterocycles. The van der Waals surface area contributed by atoms with Gasteiger partial charge in [0.25, 0.3) is 5.56 Å². The van der Waals surface area contributed by atoms with Crippen LogP contribution in [0.4, 0.5) is 0 Å². The monoisotopic (exact) mass is 387 g/mol. The third-order valence-corrected chi connectivity index (χ3v) is 6.51. The van der Waals surface area contributed by atoms with Crippen molar-refractivity contribution in [3.8, 4) is 10.6 Å². The lowest BCUT2D eigenvalue weighted by molar-refractivity contribution is 0.735. The summed E-state index contributed by atoms with van der Waals surface area (Å²) >= 11 is 9.32. The molecule has 0 aliphatic carbocycles. The van der Waals surface area contributed by atoms with Gasteiger partial charge in [-0.3, -0.25) is 9.36 Å². The molecule has 126 valence electrons. The maximum absolute atomic E-state index is 12.8. The molecule has 0 saturated carbocycles. The predicted molar refractivity (Wildman–Crippen MR) is 105 cm³/mol. The van der Waals surface area contributed by atoms with E-state index in [1.807, 2.05) is 43.5 Å². The van der Waals surface area contributed by atoms with Gasteiger partial charge in [0.15, 0.2) is 0 Å². The first kappa shape index (κ1) is 16.4. The van der Waals surface area contributed by atoms with Crippen molar-refractivity contribution in [2.24, 2.45) is 0 Å². The SMILES string of the molecule is Cc1sc2ncn(Cc3csc(-c4ccccc4Cl)n3)c(=O)c2c1C. The number of fused-ring (bicyclic) bond motifs is 1. The molecule has 1 aromatic carbocycles. The zero-order valence-corrected chi connectivity index (χ0v) is 16.0. The Morgan fingerprint density at radius 2 is 2.04 bits per heavy atom. The number of rotatable bonds is 3. The molecule has 0 amide bonds. The number of aryl methyl sites for hydroxylation is 2. The average molecular weight is 388 g/mol. The Morgan fingerprint density at radius 1 is 1.24 bits per heavy atom. The molecular weight excluding hydrogens is 374 g/mol. The van der Waals surface area contributed by atoms with Crippen LogP contribution in [0.3, 0.4) is 0 Å². The van der Waals surface area contributed by atoms with Gasteiger partial charge in [0.1, 0.15) is 9.84 Å². The van der Waals surface area contributed by atoms with E-state index in [-0.39, 0.29) is 5.56 Å². The Bertz CT molecular complexity index is 1140. The van der Waals surface area contributed by atoms with E-state index in [4.69, 9.17) is 11.6 Å². The maximum Gasteiger partial charge on any atom is 0.262 e. The van der Waals surface area contributed by atoms with Crippen LogP contribution in [0, 0.1) is 13.8 Å². The van der Waals surface area contributed by atoms with Gasteiger partial charge in [-0.05, 0) is 25.5 Å². The lowest BCUT2D eigenvalue weighted by Gasteiger charge is -2.03. The van der Waals surface area contributed by atoms with Crippen molar-refractivity contribution < 1.29 is 0 Å². The lowest BCUT2D eigenvalue weighted by Crippen LogP contribution is -2.21. The number of halogens is 1. The number of nitrogens with zero attached hydrogens (tertiary/aromatic N) is 3. The molecule has 0 unspecified atom stereocenters. The second-order valence-corrected chi connectivity index (χ2v) is 8.23. The molecule has 7 heteroatoms. The molecule has 0 aliphatic rings. The minimum Gasteiger partial charge on any atom is -0.293 e. The number of thiazole rings is 1. The zero-order valence-electron chi connectivity index (χ0n) is 13.6. The average Bonchev–Trinajstić information content (AvgIpc) is 3.16. The van der Waals surface area contributed by atoms with E-state index in [2.05, 4.69) is 9.97 Å². The summed E-state index contributed by atoms with van der Waals surface area (Å²) in [6.45, 7) is 4.39. The van der Waals surface area contributed by atoms with Crippen molar-refractivity contribution in [1.82, 2.24) is 14.5 Å². The quantitative estimate of drug-likeness (QED) is 0.502. The van der Waals surface area contributed by atoms with Crippen molar-refractivity contribution in [1.29, 1.82) is 0 Å². The second kappa shape index (κ2) is 6.37. The third kappa shape index (κ3) is 2.90. The van der Waals surface area contributed by atoms with E-state index in [1.54, 1.807) is 22.2 Å². The molecule has 3 heterocycles. The minimum atomic E-state index is -0.0147. The summed E-state index contributed by atoms with van der Waals surface area (Å²) in [5.74, 6) is 0. The molecule has 0 spiro atoms. The Hall–Kier alpha value is -2.02. The number of benzene rings is 1. The highest BCUT2D eigenvalue weighted by Crippen LogP contribution is 2.30. The van der Waals surface area contributed by atoms with Gasteiger partial charge >= 0.3 is 0 Å². The van der Waals surface area contributed by atoms with E-state index in [9.17, 15) is 4.79 Å². The van der Waals surface area contributed by atoms with Crippen molar-refractivity contribution in [3.63, 3.8) is 0 Å². The molecule has 0 saturated heterocycles. The van der Waals surface area contributed by atoms with Crippen LogP contribution < -0.4 is 5.56 Å². The highest BCUT2D eigenvalue weighted by Gasteiger charge is 2.14. The predicted octanol–water partition coefficient (Wildman–Crippen LogP) is 4.90. The Kier molecular flexibility index (Phi) is 4.19. The van der Waals surface area contributed by atoms with E-state index in [1.165, 1.54) is 11.3 Å². The van der Waals surface area contributed by atoms with E-state index in [0.717, 1.165) is 31.5 Å². The van der Waals surface area contributed by atoms with Crippen molar-refractivity contribution >= 4 is 44.5 Å². The van der Waals surface area contributed by atoms with Crippen LogP contribution in [0.5, 0.6) is 0 Å². The molecule has 0 atom stereocenters. The van der Waals surface area contributed by atoms with Gasteiger partial charge in [-0.25, -0.2) is 9.97 Å². The third-order valence-electron chi connectivity index (χ3n) is 4.14. The minimum absolute atomic E-state index is 0.0147. The molecule has 0 bridgehead atoms. The van der Waals surface area contributed by atoms with Crippen LogP contribution in [0.1, 0.15) is 16.1 Å². The van der Waals surface area contributed by atoms with Crippen LogP contribution >= 0.6 is 34.3 Å². The van der Waals surface area contributed by atoms with Crippen molar-refractivity contribution in [2.75, 3.05) is 0 Å². The van der Waals surface area contributed by atoms with Crippen LogP contribution in [0.15, 0.2) is 40.8 Å². The zero-order chi connectivity index (χ0) is 17.6. The van der Waals surface area contributed by atoms with Gasteiger partial charge in [0.2, 0.25) is 0 Å².